The van der Waals surface area contributed by atoms with Gasteiger partial charge in [-0.1, -0.05) is 50.1 Å². The van der Waals surface area contributed by atoms with E-state index in [-0.39, 0.29) is 5.91 Å². The van der Waals surface area contributed by atoms with Crippen molar-refractivity contribution in [3.63, 3.8) is 0 Å². The molecule has 3 heteroatoms. The zero-order valence-corrected chi connectivity index (χ0v) is 12.3. The Balaban J connectivity index is 1.81. The van der Waals surface area contributed by atoms with Crippen LogP contribution in [0.4, 0.5) is 0 Å². The Labute approximate surface area is 121 Å². The maximum Gasteiger partial charge on any atom is 0.237 e. The minimum atomic E-state index is -0.446. The minimum absolute atomic E-state index is 0.00611. The van der Waals surface area contributed by atoms with Crippen LogP contribution in [0.3, 0.4) is 0 Å². The minimum Gasteiger partial charge on any atom is -0.352 e. The van der Waals surface area contributed by atoms with Crippen LogP contribution >= 0.6 is 0 Å². The number of carbonyl (C=O) groups is 1. The number of nitrogens with one attached hydrogen (secondary N) is 1. The third-order valence-corrected chi connectivity index (χ3v) is 4.24. The molecule has 1 aliphatic carbocycles. The summed E-state index contributed by atoms with van der Waals surface area (Å²) in [6, 6.07) is 9.83. The number of nitrogens with two attached hydrogens (primary N) is 1. The normalized spacial score (nSPS) is 24.7. The maximum absolute atomic E-state index is 12.2. The van der Waals surface area contributed by atoms with E-state index in [0.29, 0.717) is 12.5 Å². The molecule has 3 N–H and O–H groups in total. The van der Waals surface area contributed by atoms with Gasteiger partial charge in [0.15, 0.2) is 0 Å². The van der Waals surface area contributed by atoms with Gasteiger partial charge in [-0.2, -0.15) is 0 Å². The average molecular weight is 274 g/mol. The van der Waals surface area contributed by atoms with Gasteiger partial charge in [0.05, 0.1) is 6.04 Å². The van der Waals surface area contributed by atoms with Gasteiger partial charge in [-0.25, -0.2) is 0 Å². The zero-order chi connectivity index (χ0) is 14.4. The lowest BCUT2D eigenvalue weighted by atomic mass is 10.0. The molecular weight excluding hydrogens is 248 g/mol. The van der Waals surface area contributed by atoms with E-state index in [2.05, 4.69) is 12.2 Å². The summed E-state index contributed by atoms with van der Waals surface area (Å²) in [6.45, 7) is 2.30. The molecule has 3 unspecified atom stereocenters. The molecule has 1 fully saturated rings. The topological polar surface area (TPSA) is 55.1 Å². The molecule has 2 rings (SSSR count). The first-order valence-electron chi connectivity index (χ1n) is 7.75. The van der Waals surface area contributed by atoms with Gasteiger partial charge in [0.2, 0.25) is 5.91 Å². The highest BCUT2D eigenvalue weighted by atomic mass is 16.2. The second-order valence-corrected chi connectivity index (χ2v) is 6.12. The fourth-order valence-corrected chi connectivity index (χ4v) is 2.90. The van der Waals surface area contributed by atoms with Crippen LogP contribution in [0.15, 0.2) is 30.3 Å². The Morgan fingerprint density at radius 3 is 2.75 bits per heavy atom. The Hall–Kier alpha value is -1.35. The van der Waals surface area contributed by atoms with Gasteiger partial charge in [-0.3, -0.25) is 4.79 Å². The molecule has 3 nitrogen and oxygen atoms in total. The molecule has 1 amide bonds. The largest absolute Gasteiger partial charge is 0.352 e. The fourth-order valence-electron chi connectivity index (χ4n) is 2.90. The van der Waals surface area contributed by atoms with Crippen LogP contribution in [-0.4, -0.2) is 18.0 Å². The van der Waals surface area contributed by atoms with Crippen LogP contribution in [0.25, 0.3) is 0 Å². The standard InChI is InChI=1S/C17H26N2O/c1-13-6-5-9-15(11-10-13)19-17(20)16(18)12-14-7-3-2-4-8-14/h2-4,7-8,13,15-16H,5-6,9-12,18H2,1H3,(H,19,20). The van der Waals surface area contributed by atoms with Gasteiger partial charge in [0, 0.05) is 6.04 Å². The van der Waals surface area contributed by atoms with Crippen molar-refractivity contribution in [2.24, 2.45) is 11.7 Å². The predicted molar refractivity (Wildman–Crippen MR) is 82.3 cm³/mol. The summed E-state index contributed by atoms with van der Waals surface area (Å²) in [5, 5.41) is 3.14. The van der Waals surface area contributed by atoms with Crippen LogP contribution in [0.1, 0.15) is 44.6 Å². The first-order chi connectivity index (χ1) is 9.65. The number of benzene rings is 1. The highest BCUT2D eigenvalue weighted by Crippen LogP contribution is 2.22. The van der Waals surface area contributed by atoms with E-state index in [0.717, 1.165) is 24.3 Å². The van der Waals surface area contributed by atoms with Crippen LogP contribution in [0.2, 0.25) is 0 Å². The number of carbonyl (C=O) groups excluding carboxylic acids is 1. The summed E-state index contributed by atoms with van der Waals surface area (Å²) in [4.78, 5) is 12.2. The zero-order valence-electron chi connectivity index (χ0n) is 12.3. The lowest BCUT2D eigenvalue weighted by Gasteiger charge is -2.19. The molecule has 0 spiro atoms. The number of rotatable bonds is 4. The SMILES string of the molecule is CC1CCCC(NC(=O)C(N)Cc2ccccc2)CC1. The van der Waals surface area contributed by atoms with E-state index in [1.165, 1.54) is 19.3 Å². The first-order valence-corrected chi connectivity index (χ1v) is 7.75. The highest BCUT2D eigenvalue weighted by molar-refractivity contribution is 5.82. The van der Waals surface area contributed by atoms with Gasteiger partial charge in [-0.05, 0) is 37.2 Å². The third kappa shape index (κ3) is 4.64. The predicted octanol–water partition coefficient (Wildman–Crippen LogP) is 2.64. The van der Waals surface area contributed by atoms with Gasteiger partial charge in [0.1, 0.15) is 0 Å². The summed E-state index contributed by atoms with van der Waals surface area (Å²) < 4.78 is 0. The van der Waals surface area contributed by atoms with Crippen LogP contribution in [-0.2, 0) is 11.2 Å². The number of amides is 1. The molecule has 110 valence electrons. The summed E-state index contributed by atoms with van der Waals surface area (Å²) >= 11 is 0. The highest BCUT2D eigenvalue weighted by Gasteiger charge is 2.21. The molecule has 0 radical (unpaired) electrons. The molecule has 0 heterocycles. The summed E-state index contributed by atoms with van der Waals surface area (Å²) in [6.07, 6.45) is 6.48. The second kappa shape index (κ2) is 7.44. The molecule has 1 aromatic rings. The lowest BCUT2D eigenvalue weighted by Crippen LogP contribution is -2.46. The maximum atomic E-state index is 12.2. The number of hydrogen-bond donors (Lipinski definition) is 2. The van der Waals surface area contributed by atoms with E-state index in [9.17, 15) is 4.79 Å². The van der Waals surface area contributed by atoms with Crippen LogP contribution in [0, 0.1) is 5.92 Å². The quantitative estimate of drug-likeness (QED) is 0.829. The van der Waals surface area contributed by atoms with Crippen LogP contribution in [0.5, 0.6) is 0 Å². The van der Waals surface area contributed by atoms with E-state index in [1.807, 2.05) is 30.3 Å². The Morgan fingerprint density at radius 2 is 2.00 bits per heavy atom. The molecule has 20 heavy (non-hydrogen) atoms. The van der Waals surface area contributed by atoms with E-state index < -0.39 is 6.04 Å². The van der Waals surface area contributed by atoms with Crippen molar-refractivity contribution in [2.45, 2.75) is 57.5 Å². The smallest absolute Gasteiger partial charge is 0.237 e. The monoisotopic (exact) mass is 274 g/mol. The molecule has 0 aromatic heterocycles. The lowest BCUT2D eigenvalue weighted by molar-refractivity contribution is -0.123. The van der Waals surface area contributed by atoms with Crippen molar-refractivity contribution < 1.29 is 4.79 Å². The molecule has 0 bridgehead atoms. The summed E-state index contributed by atoms with van der Waals surface area (Å²) in [5.74, 6) is 0.781. The molecule has 3 atom stereocenters. The third-order valence-electron chi connectivity index (χ3n) is 4.24. The first kappa shape index (κ1) is 15.0. The van der Waals surface area contributed by atoms with Gasteiger partial charge in [-0.15, -0.1) is 0 Å². The Bertz CT molecular complexity index is 418. The Kier molecular flexibility index (Phi) is 5.60. The molecule has 1 saturated carbocycles. The van der Waals surface area contributed by atoms with Gasteiger partial charge < -0.3 is 11.1 Å². The van der Waals surface area contributed by atoms with Crippen molar-refractivity contribution in [3.8, 4) is 0 Å². The van der Waals surface area contributed by atoms with E-state index in [1.54, 1.807) is 0 Å². The van der Waals surface area contributed by atoms with Crippen molar-refractivity contribution in [2.75, 3.05) is 0 Å². The van der Waals surface area contributed by atoms with E-state index in [4.69, 9.17) is 5.73 Å². The molecule has 0 aliphatic heterocycles. The molecule has 1 aliphatic rings. The van der Waals surface area contributed by atoms with E-state index >= 15 is 0 Å². The number of hydrogen-bond acceptors (Lipinski definition) is 2. The molecule has 1 aromatic carbocycles. The Morgan fingerprint density at radius 1 is 1.25 bits per heavy atom. The summed E-state index contributed by atoms with van der Waals surface area (Å²) in [7, 11) is 0. The van der Waals surface area contributed by atoms with Crippen molar-refractivity contribution in [1.82, 2.24) is 5.32 Å². The van der Waals surface area contributed by atoms with Crippen molar-refractivity contribution in [3.05, 3.63) is 35.9 Å². The van der Waals surface area contributed by atoms with Gasteiger partial charge in [0.25, 0.3) is 0 Å². The van der Waals surface area contributed by atoms with Crippen LogP contribution < -0.4 is 11.1 Å². The van der Waals surface area contributed by atoms with Gasteiger partial charge >= 0.3 is 0 Å². The molecule has 0 saturated heterocycles. The van der Waals surface area contributed by atoms with Crippen molar-refractivity contribution >= 4 is 5.91 Å². The van der Waals surface area contributed by atoms with Crippen molar-refractivity contribution in [1.29, 1.82) is 0 Å². The fraction of sp³-hybridized carbons (Fsp3) is 0.588. The summed E-state index contributed by atoms with van der Waals surface area (Å²) in [5.41, 5.74) is 7.14. The average Bonchev–Trinajstić information content (AvgIpc) is 2.65. The second-order valence-electron chi connectivity index (χ2n) is 6.12. The molecular formula is C17H26N2O.